The minimum Gasteiger partial charge on any atom is -0.297 e. The normalized spacial score (nSPS) is 15.8. The number of benzene rings is 15. The van der Waals surface area contributed by atoms with Crippen molar-refractivity contribution in [3.8, 4) is 89.0 Å². The molecule has 4 aliphatic rings. The van der Waals surface area contributed by atoms with Crippen molar-refractivity contribution in [1.82, 2.24) is 0 Å². The first-order valence-corrected chi connectivity index (χ1v) is 52.6. The Kier molecular flexibility index (Phi) is 26.7. The molecule has 4 aliphatic heterocycles. The predicted molar refractivity (Wildman–Crippen MR) is 591 cm³/mol. The van der Waals surface area contributed by atoms with Gasteiger partial charge in [0.15, 0.2) is 11.2 Å². The summed E-state index contributed by atoms with van der Waals surface area (Å²) in [6, 6.07) is 91.1. The van der Waals surface area contributed by atoms with Crippen LogP contribution in [0.4, 0.5) is 34.1 Å². The van der Waals surface area contributed by atoms with Crippen molar-refractivity contribution >= 4 is 77.9 Å². The molecular weight excluding hydrogens is 1700 g/mol. The van der Waals surface area contributed by atoms with Gasteiger partial charge in [0, 0.05) is 44.5 Å². The Hall–Kier alpha value is -12.0. The average Bonchev–Trinajstić information content (AvgIpc) is 1.55. The monoisotopic (exact) mass is 1820 g/mol. The van der Waals surface area contributed by atoms with Crippen LogP contribution in [0, 0.1) is 194 Å². The Morgan fingerprint density at radius 2 is 0.328 bits per heavy atom. The highest BCUT2D eigenvalue weighted by Crippen LogP contribution is 2.81. The molecule has 6 nitrogen and oxygen atoms in total. The lowest BCUT2D eigenvalue weighted by Crippen LogP contribution is -2.21. The largest absolute Gasteiger partial charge is 0.297 e. The molecule has 15 aromatic rings. The van der Waals surface area contributed by atoms with Gasteiger partial charge in [0.2, 0.25) is 0 Å². The highest BCUT2D eigenvalue weighted by molar-refractivity contribution is 7.99. The molecule has 4 atom stereocenters. The molecule has 19 rings (SSSR count). The molecule has 134 heavy (non-hydrogen) atoms. The zero-order valence-electron chi connectivity index (χ0n) is 83.9. The molecular formula is C124H128N6P4. The van der Waals surface area contributed by atoms with E-state index in [9.17, 15) is 0 Å². The van der Waals surface area contributed by atoms with Crippen LogP contribution in [0.5, 0.6) is 0 Å². The number of hydrogen-bond acceptors (Lipinski definition) is 4. The molecule has 0 aromatic heterocycles. The van der Waals surface area contributed by atoms with Crippen molar-refractivity contribution in [2.45, 2.75) is 194 Å². The van der Waals surface area contributed by atoms with Gasteiger partial charge < -0.3 is 0 Å². The fraction of sp³-hybridized carbons (Fsp3) is 0.226. The molecule has 0 radical (unpaired) electrons. The quantitative estimate of drug-likeness (QED) is 0.102. The second kappa shape index (κ2) is 38.1. The Labute approximate surface area is 804 Å². The van der Waals surface area contributed by atoms with E-state index < -0.39 is 32.6 Å². The van der Waals surface area contributed by atoms with Crippen LogP contribution in [0.25, 0.3) is 89.0 Å². The molecule has 2 unspecified atom stereocenters. The summed E-state index contributed by atoms with van der Waals surface area (Å²) in [6.45, 7) is 63.3. The number of rotatable bonds is 14. The van der Waals surface area contributed by atoms with Crippen LogP contribution in [-0.2, 0) is 0 Å². The van der Waals surface area contributed by atoms with Gasteiger partial charge in [-0.1, -0.05) is 287 Å². The van der Waals surface area contributed by atoms with E-state index in [2.05, 4.69) is 442 Å². The summed E-state index contributed by atoms with van der Waals surface area (Å²) in [5, 5.41) is 0. The van der Waals surface area contributed by atoms with Crippen molar-refractivity contribution in [3.63, 3.8) is 0 Å². The second-order valence-electron chi connectivity index (χ2n) is 38.6. The Morgan fingerprint density at radius 3 is 0.500 bits per heavy atom. The number of amidine groups is 2. The van der Waals surface area contributed by atoms with Gasteiger partial charge in [0.05, 0.1) is 50.3 Å². The fourth-order valence-corrected chi connectivity index (χ4v) is 34.8. The molecule has 2 fully saturated rings. The van der Waals surface area contributed by atoms with Gasteiger partial charge in [-0.05, 0) is 373 Å². The zero-order valence-corrected chi connectivity index (χ0v) is 87.5. The molecule has 4 heterocycles. The first-order valence-electron chi connectivity index (χ1n) is 47.3. The van der Waals surface area contributed by atoms with E-state index in [1.165, 1.54) is 268 Å². The lowest BCUT2D eigenvalue weighted by molar-refractivity contribution is 1.30. The van der Waals surface area contributed by atoms with E-state index in [1.54, 1.807) is 0 Å². The minimum absolute atomic E-state index is 1.07. The molecule has 15 aromatic carbocycles. The number of aliphatic imine (C=N–C) groups is 2. The highest BCUT2D eigenvalue weighted by Gasteiger charge is 2.53. The van der Waals surface area contributed by atoms with Crippen LogP contribution in [-0.4, -0.2) is 11.2 Å². The van der Waals surface area contributed by atoms with Crippen molar-refractivity contribution in [3.05, 3.63) is 422 Å². The van der Waals surface area contributed by atoms with E-state index in [4.69, 9.17) is 9.98 Å². The van der Waals surface area contributed by atoms with Crippen molar-refractivity contribution in [2.75, 3.05) is 18.2 Å². The second-order valence-corrected chi connectivity index (χ2v) is 46.3. The van der Waals surface area contributed by atoms with Gasteiger partial charge in [-0.15, -0.1) is 0 Å². The van der Waals surface area contributed by atoms with Gasteiger partial charge in [-0.2, -0.15) is 0 Å². The van der Waals surface area contributed by atoms with Gasteiger partial charge in [0.25, 0.3) is 0 Å². The first kappa shape index (κ1) is 93.8. The summed E-state index contributed by atoms with van der Waals surface area (Å²) in [6.07, 6.45) is 0. The lowest BCUT2D eigenvalue weighted by atomic mass is 9.87. The topological polar surface area (TPSA) is 37.7 Å². The van der Waals surface area contributed by atoms with E-state index >= 15 is 0 Å². The maximum Gasteiger partial charge on any atom is 0.163 e. The maximum absolute atomic E-state index is 5.95. The molecule has 674 valence electrons. The Bertz CT molecular complexity index is 6420. The average molecular weight is 1830 g/mol. The molecule has 0 N–H and O–H groups in total. The molecule has 2 saturated heterocycles. The molecule has 0 aliphatic carbocycles. The fourth-order valence-electron chi connectivity index (χ4n) is 22.8. The third-order valence-electron chi connectivity index (χ3n) is 27.2. The number of hydrogen-bond donors (Lipinski definition) is 0. The predicted octanol–water partition coefficient (Wildman–Crippen LogP) is 37.4. The third kappa shape index (κ3) is 17.5. The molecule has 4 bridgehead atoms. The summed E-state index contributed by atoms with van der Waals surface area (Å²) in [7, 11) is -4.48. The van der Waals surface area contributed by atoms with Crippen LogP contribution < -0.4 is 18.2 Å². The zero-order chi connectivity index (χ0) is 95.2. The summed E-state index contributed by atoms with van der Waals surface area (Å²) in [5.74, 6) is 10.1. The smallest absolute Gasteiger partial charge is 0.163 e. The first-order chi connectivity index (χ1) is 64.1. The number of para-hydroxylation sites is 6. The van der Waals surface area contributed by atoms with Crippen molar-refractivity contribution in [1.29, 1.82) is 0 Å². The number of anilines is 4. The van der Waals surface area contributed by atoms with E-state index in [-0.39, 0.29) is 0 Å². The molecule has 0 amide bonds. The van der Waals surface area contributed by atoms with Crippen LogP contribution in [0.15, 0.2) is 276 Å². The van der Waals surface area contributed by atoms with E-state index in [1.807, 2.05) is 36.4 Å². The summed E-state index contributed by atoms with van der Waals surface area (Å²) >= 11 is 0. The molecule has 0 saturated carbocycles. The van der Waals surface area contributed by atoms with E-state index in [0.717, 1.165) is 22.5 Å². The highest BCUT2D eigenvalue weighted by atomic mass is 31.2. The van der Waals surface area contributed by atoms with Crippen molar-refractivity contribution < 1.29 is 0 Å². The minimum atomic E-state index is -1.15. The van der Waals surface area contributed by atoms with Crippen LogP contribution in [0.1, 0.15) is 156 Å². The number of aryl methyl sites for hydroxylation is 28. The van der Waals surface area contributed by atoms with Gasteiger partial charge in [-0.3, -0.25) is 18.2 Å². The number of nitrogens with zero attached hydrogens (tertiary/aromatic N) is 6. The summed E-state index contributed by atoms with van der Waals surface area (Å²) < 4.78 is 11.1. The molecule has 0 spiro atoms. The van der Waals surface area contributed by atoms with Gasteiger partial charge in [0.1, 0.15) is 16.4 Å². The molecule has 10 heteroatoms. The third-order valence-corrected chi connectivity index (χ3v) is 37.3. The van der Waals surface area contributed by atoms with Crippen molar-refractivity contribution in [2.24, 2.45) is 9.98 Å². The Morgan fingerprint density at radius 1 is 0.172 bits per heavy atom. The Balaban J connectivity index is 0.000000175. The summed E-state index contributed by atoms with van der Waals surface area (Å²) in [5.41, 5.74) is 66.0. The summed E-state index contributed by atoms with van der Waals surface area (Å²) in [4.78, 5) is 11.9. The van der Waals surface area contributed by atoms with E-state index in [0.29, 0.717) is 0 Å². The standard InChI is InChI=1S/2C59H61N3P2.C6H6/c2*1-34-26-40(7)52(41(8)27-34)48-20-16-21-49(53-42(9)28-35(2)29-43(53)10)57(48)61-59(60-56-38(5)18-15-19-39(56)6)63-24-25-64(61)62(63)58-50(54-44(11)30-36(3)31-45(54)12)22-17-23-51(58)55-46(13)32-37(4)33-47(55)14;1-2-4-6-5-3-1/h2*15-33H,1-14H3;1-6H/t2*63?,64-;/m10./s1. The van der Waals surface area contributed by atoms with Crippen LogP contribution in [0.2, 0.25) is 0 Å². The lowest BCUT2D eigenvalue weighted by Gasteiger charge is -2.34. The van der Waals surface area contributed by atoms with Crippen LogP contribution in [0.3, 0.4) is 0 Å². The van der Waals surface area contributed by atoms with Gasteiger partial charge in [-0.25, -0.2) is 9.98 Å². The van der Waals surface area contributed by atoms with Gasteiger partial charge >= 0.3 is 0 Å². The number of fused-ring (bicyclic) bond motifs is 4. The maximum atomic E-state index is 5.95. The van der Waals surface area contributed by atoms with Crippen LogP contribution >= 0.6 is 32.6 Å². The SMILES string of the molecule is Cc1cc(C)c(-c2cccc(-c3c(C)cc(C)cc3C)c2N2C(=Nc3c(C)cccc3C)P3C=C[P@@]2N3c2c(-c3c(C)cc(C)cc3C)cccc2-c2c(C)cc(C)cc2C)c(C)c1.Cc1cc(C)c(-c2cccc(-c3c(C)cc(C)cc3C)c2N2C(=Nc3c(C)cccc3C)P3C=C[P@]2N3c2c(-c3c(C)cc(C)cc3C)cccc2-c2c(C)cc(C)cc2C)c(C)c1.c1ccccc1.